The van der Waals surface area contributed by atoms with Crippen molar-refractivity contribution in [2.45, 2.75) is 52.0 Å². The molecule has 0 radical (unpaired) electrons. The number of aromatic nitrogens is 3. The van der Waals surface area contributed by atoms with Crippen LogP contribution in [0, 0.1) is 6.92 Å². The summed E-state index contributed by atoms with van der Waals surface area (Å²) in [5.41, 5.74) is 1.23. The van der Waals surface area contributed by atoms with E-state index in [0.717, 1.165) is 55.7 Å². The third-order valence-corrected chi connectivity index (χ3v) is 4.96. The first-order valence-corrected chi connectivity index (χ1v) is 10.3. The van der Waals surface area contributed by atoms with Gasteiger partial charge in [0.05, 0.1) is 6.54 Å². The number of fused-ring (bicyclic) bond motifs is 1. The lowest BCUT2D eigenvalue weighted by Gasteiger charge is -2.13. The van der Waals surface area contributed by atoms with Gasteiger partial charge in [-0.1, -0.05) is 24.1 Å². The molecule has 28 heavy (non-hydrogen) atoms. The second-order valence-corrected chi connectivity index (χ2v) is 7.19. The molecule has 2 N–H and O–H groups in total. The summed E-state index contributed by atoms with van der Waals surface area (Å²) in [6.07, 6.45) is 6.76. The molecule has 0 atom stereocenters. The van der Waals surface area contributed by atoms with Crippen LogP contribution in [0.1, 0.15) is 42.9 Å². The van der Waals surface area contributed by atoms with Gasteiger partial charge in [0.25, 0.3) is 0 Å². The van der Waals surface area contributed by atoms with Crippen LogP contribution in [-0.4, -0.2) is 47.5 Å². The number of hydrogen-bond acceptors (Lipinski definition) is 4. The standard InChI is InChI=1S/C21H32N6O/c1-17-9-11-18(12-10-17)28-16-14-24-21(22-2)23-13-6-8-20-26-25-19-7-4-3-5-15-27(19)20/h9-12H,3-8,13-16H2,1-2H3,(H2,22,23,24). The van der Waals surface area contributed by atoms with Crippen LogP contribution >= 0.6 is 0 Å². The Morgan fingerprint density at radius 3 is 2.75 bits per heavy atom. The summed E-state index contributed by atoms with van der Waals surface area (Å²) in [4.78, 5) is 4.27. The minimum absolute atomic E-state index is 0.593. The van der Waals surface area contributed by atoms with Gasteiger partial charge in [-0.15, -0.1) is 10.2 Å². The molecule has 7 heteroatoms. The highest BCUT2D eigenvalue weighted by Gasteiger charge is 2.14. The zero-order chi connectivity index (χ0) is 19.6. The van der Waals surface area contributed by atoms with E-state index in [2.05, 4.69) is 49.4 Å². The number of hydrogen-bond donors (Lipinski definition) is 2. The maximum atomic E-state index is 5.73. The normalized spacial score (nSPS) is 14.3. The topological polar surface area (TPSA) is 76.4 Å². The molecule has 0 bridgehead atoms. The molecule has 0 saturated heterocycles. The van der Waals surface area contributed by atoms with Gasteiger partial charge < -0.3 is 19.9 Å². The van der Waals surface area contributed by atoms with E-state index in [0.29, 0.717) is 13.2 Å². The average Bonchev–Trinajstić information content (AvgIpc) is 2.94. The van der Waals surface area contributed by atoms with Gasteiger partial charge in [0.15, 0.2) is 5.96 Å². The third kappa shape index (κ3) is 5.97. The molecule has 3 rings (SSSR count). The Hall–Kier alpha value is -2.57. The Morgan fingerprint density at radius 2 is 1.93 bits per heavy atom. The summed E-state index contributed by atoms with van der Waals surface area (Å²) in [6, 6.07) is 8.09. The van der Waals surface area contributed by atoms with E-state index in [1.165, 1.54) is 24.8 Å². The van der Waals surface area contributed by atoms with E-state index in [4.69, 9.17) is 4.74 Å². The largest absolute Gasteiger partial charge is 0.492 e. The van der Waals surface area contributed by atoms with Crippen LogP contribution in [0.15, 0.2) is 29.3 Å². The van der Waals surface area contributed by atoms with Crippen LogP contribution in [0.5, 0.6) is 5.75 Å². The van der Waals surface area contributed by atoms with Crippen molar-refractivity contribution in [3.63, 3.8) is 0 Å². The molecule has 0 fully saturated rings. The molecule has 2 heterocycles. The van der Waals surface area contributed by atoms with E-state index in [1.54, 1.807) is 7.05 Å². The van der Waals surface area contributed by atoms with Crippen LogP contribution in [-0.2, 0) is 19.4 Å². The Kier molecular flexibility index (Phi) is 7.70. The van der Waals surface area contributed by atoms with Crippen molar-refractivity contribution in [2.75, 3.05) is 26.7 Å². The molecule has 0 unspecified atom stereocenters. The van der Waals surface area contributed by atoms with Crippen LogP contribution in [0.2, 0.25) is 0 Å². The maximum Gasteiger partial charge on any atom is 0.191 e. The Labute approximate surface area is 167 Å². The average molecular weight is 385 g/mol. The predicted octanol–water partition coefficient (Wildman–Crippen LogP) is 2.49. The second-order valence-electron chi connectivity index (χ2n) is 7.19. The number of aliphatic imine (C=N–C) groups is 1. The number of rotatable bonds is 8. The molecule has 2 aromatic rings. The SMILES string of the molecule is CN=C(NCCCc1nnc2n1CCCCC2)NCCOc1ccc(C)cc1. The first-order chi connectivity index (χ1) is 13.8. The number of guanidine groups is 1. The Balaban J connectivity index is 1.32. The van der Waals surface area contributed by atoms with E-state index in [9.17, 15) is 0 Å². The fraction of sp³-hybridized carbons (Fsp3) is 0.571. The zero-order valence-electron chi connectivity index (χ0n) is 17.1. The van der Waals surface area contributed by atoms with Crippen molar-refractivity contribution in [1.82, 2.24) is 25.4 Å². The van der Waals surface area contributed by atoms with Crippen LogP contribution < -0.4 is 15.4 Å². The van der Waals surface area contributed by atoms with Crippen molar-refractivity contribution < 1.29 is 4.74 Å². The lowest BCUT2D eigenvalue weighted by Crippen LogP contribution is -2.39. The van der Waals surface area contributed by atoms with Crippen molar-refractivity contribution in [3.05, 3.63) is 41.5 Å². The molecular weight excluding hydrogens is 352 g/mol. The van der Waals surface area contributed by atoms with Gasteiger partial charge in [-0.2, -0.15) is 0 Å². The molecule has 1 aromatic heterocycles. The lowest BCUT2D eigenvalue weighted by molar-refractivity contribution is 0.322. The number of nitrogens with zero attached hydrogens (tertiary/aromatic N) is 4. The first-order valence-electron chi connectivity index (χ1n) is 10.3. The fourth-order valence-corrected chi connectivity index (χ4v) is 3.38. The molecule has 152 valence electrons. The van der Waals surface area contributed by atoms with Gasteiger partial charge in [-0.3, -0.25) is 4.99 Å². The van der Waals surface area contributed by atoms with Gasteiger partial charge in [-0.25, -0.2) is 0 Å². The van der Waals surface area contributed by atoms with Gasteiger partial charge in [-0.05, 0) is 38.3 Å². The Bertz CT molecular complexity index is 753. The quantitative estimate of drug-likeness (QED) is 0.415. The second kappa shape index (κ2) is 10.7. The van der Waals surface area contributed by atoms with E-state index >= 15 is 0 Å². The number of nitrogens with one attached hydrogen (secondary N) is 2. The molecule has 7 nitrogen and oxygen atoms in total. The number of aryl methyl sites for hydroxylation is 3. The Morgan fingerprint density at radius 1 is 1.11 bits per heavy atom. The van der Waals surface area contributed by atoms with Crippen molar-refractivity contribution in [2.24, 2.45) is 4.99 Å². The highest BCUT2D eigenvalue weighted by Crippen LogP contribution is 2.15. The van der Waals surface area contributed by atoms with Crippen LogP contribution in [0.3, 0.4) is 0 Å². The van der Waals surface area contributed by atoms with Crippen LogP contribution in [0.4, 0.5) is 0 Å². The molecule has 0 aliphatic carbocycles. The summed E-state index contributed by atoms with van der Waals surface area (Å²) >= 11 is 0. The summed E-state index contributed by atoms with van der Waals surface area (Å²) in [5.74, 6) is 3.97. The molecule has 1 aromatic carbocycles. The minimum Gasteiger partial charge on any atom is -0.492 e. The monoisotopic (exact) mass is 384 g/mol. The van der Waals surface area contributed by atoms with Gasteiger partial charge in [0.1, 0.15) is 24.0 Å². The summed E-state index contributed by atoms with van der Waals surface area (Å²) in [5, 5.41) is 15.4. The highest BCUT2D eigenvalue weighted by molar-refractivity contribution is 5.79. The van der Waals surface area contributed by atoms with E-state index < -0.39 is 0 Å². The molecule has 0 amide bonds. The smallest absolute Gasteiger partial charge is 0.191 e. The maximum absolute atomic E-state index is 5.73. The van der Waals surface area contributed by atoms with Crippen LogP contribution in [0.25, 0.3) is 0 Å². The summed E-state index contributed by atoms with van der Waals surface area (Å²) in [6.45, 7) is 5.27. The summed E-state index contributed by atoms with van der Waals surface area (Å²) < 4.78 is 8.05. The third-order valence-electron chi connectivity index (χ3n) is 4.96. The fourth-order valence-electron chi connectivity index (χ4n) is 3.38. The van der Waals surface area contributed by atoms with E-state index in [1.807, 2.05) is 12.1 Å². The van der Waals surface area contributed by atoms with E-state index in [-0.39, 0.29) is 0 Å². The minimum atomic E-state index is 0.593. The lowest BCUT2D eigenvalue weighted by atomic mass is 10.2. The first kappa shape index (κ1) is 20.2. The van der Waals surface area contributed by atoms with Crippen molar-refractivity contribution in [3.8, 4) is 5.75 Å². The zero-order valence-corrected chi connectivity index (χ0v) is 17.1. The predicted molar refractivity (Wildman–Crippen MR) is 112 cm³/mol. The molecular formula is C21H32N6O. The van der Waals surface area contributed by atoms with Crippen molar-refractivity contribution >= 4 is 5.96 Å². The number of ether oxygens (including phenoxy) is 1. The van der Waals surface area contributed by atoms with Crippen molar-refractivity contribution in [1.29, 1.82) is 0 Å². The summed E-state index contributed by atoms with van der Waals surface area (Å²) in [7, 11) is 1.79. The molecule has 1 aliphatic rings. The molecule has 1 aliphatic heterocycles. The van der Waals surface area contributed by atoms with Gasteiger partial charge in [0, 0.05) is 33.0 Å². The van der Waals surface area contributed by atoms with Gasteiger partial charge in [0.2, 0.25) is 0 Å². The molecule has 0 saturated carbocycles. The molecule has 0 spiro atoms. The number of benzene rings is 1. The van der Waals surface area contributed by atoms with Gasteiger partial charge >= 0.3 is 0 Å². The highest BCUT2D eigenvalue weighted by atomic mass is 16.5.